The summed E-state index contributed by atoms with van der Waals surface area (Å²) in [5, 5.41) is 0. The summed E-state index contributed by atoms with van der Waals surface area (Å²) < 4.78 is 0. The highest BCUT2D eigenvalue weighted by molar-refractivity contribution is 5.10. The maximum atomic E-state index is 6.33. The van der Waals surface area contributed by atoms with Crippen molar-refractivity contribution in [1.29, 1.82) is 0 Å². The molecule has 0 aliphatic carbocycles. The third-order valence-electron chi connectivity index (χ3n) is 3.60. The van der Waals surface area contributed by atoms with Gasteiger partial charge in [-0.1, -0.05) is 33.8 Å². The predicted octanol–water partition coefficient (Wildman–Crippen LogP) is 2.97. The van der Waals surface area contributed by atoms with Crippen LogP contribution in [0.4, 0.5) is 0 Å². The number of nitrogens with zero attached hydrogens (tertiary/aromatic N) is 2. The Kier molecular flexibility index (Phi) is 5.50. The van der Waals surface area contributed by atoms with Crippen LogP contribution in [0.1, 0.15) is 45.5 Å². The number of likely N-dealkylation sites (N-methyl/N-ethyl adjacent to an activating group) is 1. The van der Waals surface area contributed by atoms with Gasteiger partial charge in [-0.05, 0) is 37.9 Å². The maximum Gasteiger partial charge on any atom is 0.0547 e. The number of aromatic nitrogens is 1. The van der Waals surface area contributed by atoms with Crippen molar-refractivity contribution in [1.82, 2.24) is 9.88 Å². The molecular formula is C16H29N3. The summed E-state index contributed by atoms with van der Waals surface area (Å²) in [7, 11) is 2.15. The van der Waals surface area contributed by atoms with E-state index in [0.717, 1.165) is 24.4 Å². The lowest BCUT2D eigenvalue weighted by Crippen LogP contribution is -2.52. The highest BCUT2D eigenvalue weighted by Crippen LogP contribution is 2.27. The predicted molar refractivity (Wildman–Crippen MR) is 82.0 cm³/mol. The second-order valence-electron chi connectivity index (χ2n) is 6.57. The van der Waals surface area contributed by atoms with E-state index in [2.05, 4.69) is 56.8 Å². The van der Waals surface area contributed by atoms with E-state index in [9.17, 15) is 0 Å². The molecule has 19 heavy (non-hydrogen) atoms. The molecule has 0 spiro atoms. The number of pyridine rings is 1. The van der Waals surface area contributed by atoms with Crippen LogP contribution in [0, 0.1) is 12.3 Å². The summed E-state index contributed by atoms with van der Waals surface area (Å²) in [6.07, 6.45) is 0.994. The molecule has 1 aromatic heterocycles. The first-order valence-electron chi connectivity index (χ1n) is 7.14. The fourth-order valence-electron chi connectivity index (χ4n) is 2.89. The van der Waals surface area contributed by atoms with Crippen molar-refractivity contribution in [2.75, 3.05) is 7.05 Å². The van der Waals surface area contributed by atoms with E-state index >= 15 is 0 Å². The average molecular weight is 263 g/mol. The zero-order valence-corrected chi connectivity index (χ0v) is 13.3. The fraction of sp³-hybridized carbons (Fsp3) is 0.688. The zero-order valence-electron chi connectivity index (χ0n) is 13.3. The number of hydrogen-bond acceptors (Lipinski definition) is 3. The Balaban J connectivity index is 2.86. The van der Waals surface area contributed by atoms with E-state index < -0.39 is 0 Å². The molecule has 2 atom stereocenters. The lowest BCUT2D eigenvalue weighted by molar-refractivity contribution is 0.0928. The Labute approximate surface area is 118 Å². The molecular weight excluding hydrogens is 234 g/mol. The highest BCUT2D eigenvalue weighted by Gasteiger charge is 2.32. The number of rotatable bonds is 5. The minimum absolute atomic E-state index is 0.161. The normalized spacial score (nSPS) is 15.6. The van der Waals surface area contributed by atoms with Crippen LogP contribution in [0.2, 0.25) is 0 Å². The third-order valence-corrected chi connectivity index (χ3v) is 3.60. The van der Waals surface area contributed by atoms with Gasteiger partial charge in [0.15, 0.2) is 0 Å². The molecule has 2 N–H and O–H groups in total. The van der Waals surface area contributed by atoms with E-state index in [0.29, 0.717) is 6.04 Å². The Bertz CT molecular complexity index is 395. The van der Waals surface area contributed by atoms with E-state index in [1.807, 2.05) is 13.0 Å². The molecule has 2 unspecified atom stereocenters. The van der Waals surface area contributed by atoms with E-state index in [4.69, 9.17) is 5.73 Å². The largest absolute Gasteiger partial charge is 0.326 e. The molecule has 0 fully saturated rings. The third kappa shape index (κ3) is 4.59. The molecule has 0 aromatic carbocycles. The SMILES string of the molecule is CCC(N)C(N(C)Cc1cccc(C)n1)C(C)(C)C. The monoisotopic (exact) mass is 263 g/mol. The molecule has 3 nitrogen and oxygen atoms in total. The molecule has 0 amide bonds. The van der Waals surface area contributed by atoms with Crippen molar-refractivity contribution >= 4 is 0 Å². The molecule has 1 heterocycles. The van der Waals surface area contributed by atoms with Crippen molar-refractivity contribution < 1.29 is 0 Å². The van der Waals surface area contributed by atoms with Gasteiger partial charge in [0.1, 0.15) is 0 Å². The minimum atomic E-state index is 0.161. The van der Waals surface area contributed by atoms with Crippen molar-refractivity contribution in [2.24, 2.45) is 11.1 Å². The van der Waals surface area contributed by atoms with Gasteiger partial charge in [0.2, 0.25) is 0 Å². The second-order valence-corrected chi connectivity index (χ2v) is 6.57. The van der Waals surface area contributed by atoms with Crippen LogP contribution in [-0.2, 0) is 6.54 Å². The van der Waals surface area contributed by atoms with Crippen molar-refractivity contribution in [3.05, 3.63) is 29.6 Å². The second kappa shape index (κ2) is 6.49. The summed E-state index contributed by atoms with van der Waals surface area (Å²) in [6.45, 7) is 11.8. The van der Waals surface area contributed by atoms with E-state index in [-0.39, 0.29) is 11.5 Å². The van der Waals surface area contributed by atoms with Crippen LogP contribution in [0.5, 0.6) is 0 Å². The molecule has 1 aromatic rings. The molecule has 0 aliphatic rings. The quantitative estimate of drug-likeness (QED) is 0.888. The average Bonchev–Trinajstić information content (AvgIpc) is 2.26. The number of aryl methyl sites for hydroxylation is 1. The van der Waals surface area contributed by atoms with Crippen LogP contribution in [0.15, 0.2) is 18.2 Å². The summed E-state index contributed by atoms with van der Waals surface area (Å²) in [5.74, 6) is 0. The first kappa shape index (κ1) is 16.1. The van der Waals surface area contributed by atoms with Crippen LogP contribution >= 0.6 is 0 Å². The van der Waals surface area contributed by atoms with Crippen LogP contribution in [-0.4, -0.2) is 29.0 Å². The van der Waals surface area contributed by atoms with Crippen LogP contribution < -0.4 is 5.73 Å². The highest BCUT2D eigenvalue weighted by atomic mass is 15.2. The Hall–Kier alpha value is -0.930. The van der Waals surface area contributed by atoms with Gasteiger partial charge in [0.05, 0.1) is 5.69 Å². The number of hydrogen-bond donors (Lipinski definition) is 1. The van der Waals surface area contributed by atoms with Crippen molar-refractivity contribution in [3.63, 3.8) is 0 Å². The minimum Gasteiger partial charge on any atom is -0.326 e. The van der Waals surface area contributed by atoms with Gasteiger partial charge >= 0.3 is 0 Å². The van der Waals surface area contributed by atoms with Gasteiger partial charge < -0.3 is 5.73 Å². The Morgan fingerprint density at radius 3 is 2.42 bits per heavy atom. The van der Waals surface area contributed by atoms with E-state index in [1.54, 1.807) is 0 Å². The molecule has 1 rings (SSSR count). The summed E-state index contributed by atoms with van der Waals surface area (Å²) >= 11 is 0. The van der Waals surface area contributed by atoms with Gasteiger partial charge in [-0.15, -0.1) is 0 Å². The standard InChI is InChI=1S/C16H29N3/c1-7-14(17)15(16(3,4)5)19(6)11-13-10-8-9-12(2)18-13/h8-10,14-15H,7,11,17H2,1-6H3. The molecule has 0 bridgehead atoms. The lowest BCUT2D eigenvalue weighted by Gasteiger charge is -2.41. The lowest BCUT2D eigenvalue weighted by atomic mass is 9.80. The Morgan fingerprint density at radius 1 is 1.32 bits per heavy atom. The van der Waals surface area contributed by atoms with Gasteiger partial charge in [-0.3, -0.25) is 9.88 Å². The van der Waals surface area contributed by atoms with Crippen molar-refractivity contribution in [3.8, 4) is 0 Å². The van der Waals surface area contributed by atoms with Gasteiger partial charge in [0, 0.05) is 24.3 Å². The zero-order chi connectivity index (χ0) is 14.6. The van der Waals surface area contributed by atoms with Gasteiger partial charge in [0.25, 0.3) is 0 Å². The topological polar surface area (TPSA) is 42.1 Å². The summed E-state index contributed by atoms with van der Waals surface area (Å²) in [5.41, 5.74) is 8.67. The van der Waals surface area contributed by atoms with Gasteiger partial charge in [-0.2, -0.15) is 0 Å². The van der Waals surface area contributed by atoms with Gasteiger partial charge in [-0.25, -0.2) is 0 Å². The molecule has 0 aliphatic heterocycles. The summed E-state index contributed by atoms with van der Waals surface area (Å²) in [4.78, 5) is 6.92. The molecule has 108 valence electrons. The number of nitrogens with two attached hydrogens (primary N) is 1. The first-order valence-corrected chi connectivity index (χ1v) is 7.14. The molecule has 3 heteroatoms. The molecule has 0 saturated carbocycles. The van der Waals surface area contributed by atoms with E-state index in [1.165, 1.54) is 0 Å². The maximum absolute atomic E-state index is 6.33. The van der Waals surface area contributed by atoms with Crippen LogP contribution in [0.3, 0.4) is 0 Å². The summed E-state index contributed by atoms with van der Waals surface area (Å²) in [6, 6.07) is 6.72. The Morgan fingerprint density at radius 2 is 1.95 bits per heavy atom. The first-order chi connectivity index (χ1) is 8.75. The van der Waals surface area contributed by atoms with Crippen molar-refractivity contribution in [2.45, 2.75) is 59.7 Å². The molecule has 0 radical (unpaired) electrons. The smallest absolute Gasteiger partial charge is 0.0547 e. The molecule has 0 saturated heterocycles. The fourth-order valence-corrected chi connectivity index (χ4v) is 2.89. The van der Waals surface area contributed by atoms with Crippen LogP contribution in [0.25, 0.3) is 0 Å².